The van der Waals surface area contributed by atoms with Gasteiger partial charge in [-0.2, -0.15) is 4.98 Å². The van der Waals surface area contributed by atoms with Crippen molar-refractivity contribution in [2.24, 2.45) is 5.73 Å². The lowest BCUT2D eigenvalue weighted by atomic mass is 10.2. The lowest BCUT2D eigenvalue weighted by molar-refractivity contribution is -0.122. The molecule has 0 radical (unpaired) electrons. The van der Waals surface area contributed by atoms with Gasteiger partial charge in [-0.15, -0.1) is 0 Å². The van der Waals surface area contributed by atoms with Gasteiger partial charge >= 0.3 is 0 Å². The number of primary amides is 1. The van der Waals surface area contributed by atoms with E-state index in [9.17, 15) is 18.0 Å². The summed E-state index contributed by atoms with van der Waals surface area (Å²) in [5.41, 5.74) is 5.49. The van der Waals surface area contributed by atoms with E-state index in [1.165, 1.54) is 11.0 Å². The van der Waals surface area contributed by atoms with Crippen LogP contribution in [0.25, 0.3) is 11.4 Å². The molecule has 1 fully saturated rings. The molecule has 1 amide bonds. The quantitative estimate of drug-likeness (QED) is 0.918. The Balaban J connectivity index is 1.77. The van der Waals surface area contributed by atoms with Crippen molar-refractivity contribution in [2.45, 2.75) is 25.2 Å². The van der Waals surface area contributed by atoms with Crippen molar-refractivity contribution in [3.8, 4) is 11.4 Å². The second kappa shape index (κ2) is 5.99. The van der Waals surface area contributed by atoms with Gasteiger partial charge in [0.05, 0.1) is 12.6 Å². The van der Waals surface area contributed by atoms with Crippen LogP contribution >= 0.6 is 0 Å². The summed E-state index contributed by atoms with van der Waals surface area (Å²) in [5, 5.41) is 3.68. The summed E-state index contributed by atoms with van der Waals surface area (Å²) in [7, 11) is 0. The number of likely N-dealkylation sites (tertiary alicyclic amines) is 1. The Morgan fingerprint density at radius 1 is 1.39 bits per heavy atom. The number of nitrogens with two attached hydrogens (primary N) is 1. The van der Waals surface area contributed by atoms with Crippen LogP contribution in [0.4, 0.5) is 13.2 Å². The lowest BCUT2D eigenvalue weighted by Crippen LogP contribution is -2.39. The number of hydrogen-bond acceptors (Lipinski definition) is 5. The Kier molecular flexibility index (Phi) is 4.03. The van der Waals surface area contributed by atoms with Gasteiger partial charge in [-0.1, -0.05) is 5.16 Å². The van der Waals surface area contributed by atoms with E-state index in [0.717, 1.165) is 12.1 Å². The molecule has 2 aromatic rings. The lowest BCUT2D eigenvalue weighted by Gasteiger charge is -2.18. The van der Waals surface area contributed by atoms with Crippen molar-refractivity contribution in [1.82, 2.24) is 15.0 Å². The van der Waals surface area contributed by atoms with Gasteiger partial charge in [-0.25, -0.2) is 13.2 Å². The molecular formula is C14H13F3N4O2. The zero-order chi connectivity index (χ0) is 16.6. The first-order valence-electron chi connectivity index (χ1n) is 6.89. The van der Waals surface area contributed by atoms with Gasteiger partial charge in [-0.3, -0.25) is 9.69 Å². The first-order valence-corrected chi connectivity index (χ1v) is 6.89. The maximum atomic E-state index is 13.4. The molecule has 0 aliphatic carbocycles. The predicted octanol–water partition coefficient (Wildman–Crippen LogP) is 1.41. The molecule has 1 aliphatic rings. The van der Waals surface area contributed by atoms with Crippen LogP contribution in [0.3, 0.4) is 0 Å². The number of benzene rings is 1. The number of alkyl halides is 1. The van der Waals surface area contributed by atoms with Gasteiger partial charge < -0.3 is 10.3 Å². The van der Waals surface area contributed by atoms with E-state index in [1.54, 1.807) is 0 Å². The van der Waals surface area contributed by atoms with Gasteiger partial charge in [0.1, 0.15) is 6.17 Å². The van der Waals surface area contributed by atoms with E-state index < -0.39 is 29.8 Å². The number of hydrogen-bond donors (Lipinski definition) is 1. The number of aromatic nitrogens is 2. The molecule has 0 saturated carbocycles. The molecule has 23 heavy (non-hydrogen) atoms. The zero-order valence-electron chi connectivity index (χ0n) is 11.9. The fraction of sp³-hybridized carbons (Fsp3) is 0.357. The summed E-state index contributed by atoms with van der Waals surface area (Å²) in [6, 6.07) is 2.48. The molecule has 1 aliphatic heterocycles. The predicted molar refractivity (Wildman–Crippen MR) is 72.6 cm³/mol. The van der Waals surface area contributed by atoms with E-state index in [0.29, 0.717) is 0 Å². The van der Waals surface area contributed by atoms with Gasteiger partial charge in [-0.05, 0) is 18.2 Å². The Bertz CT molecular complexity index is 737. The number of amides is 1. The largest absolute Gasteiger partial charge is 0.368 e. The summed E-state index contributed by atoms with van der Waals surface area (Å²) in [6.45, 7) is 0.0845. The zero-order valence-corrected chi connectivity index (χ0v) is 11.9. The third kappa shape index (κ3) is 3.19. The van der Waals surface area contributed by atoms with Crippen LogP contribution in [0, 0.1) is 11.6 Å². The molecule has 2 heterocycles. The molecule has 3 rings (SSSR count). The third-order valence-electron chi connectivity index (χ3n) is 3.67. The topological polar surface area (TPSA) is 85.3 Å². The first-order chi connectivity index (χ1) is 10.9. The van der Waals surface area contributed by atoms with Crippen LogP contribution in [-0.2, 0) is 11.3 Å². The highest BCUT2D eigenvalue weighted by atomic mass is 19.2. The third-order valence-corrected chi connectivity index (χ3v) is 3.67. The van der Waals surface area contributed by atoms with Crippen molar-refractivity contribution in [3.63, 3.8) is 0 Å². The molecule has 1 aromatic heterocycles. The summed E-state index contributed by atoms with van der Waals surface area (Å²) in [6.07, 6.45) is -1.12. The molecule has 0 unspecified atom stereocenters. The van der Waals surface area contributed by atoms with Gasteiger partial charge in [0.15, 0.2) is 11.6 Å². The average molecular weight is 326 g/mol. The molecule has 1 saturated heterocycles. The van der Waals surface area contributed by atoms with Crippen molar-refractivity contribution < 1.29 is 22.5 Å². The van der Waals surface area contributed by atoms with E-state index in [2.05, 4.69) is 10.1 Å². The molecule has 122 valence electrons. The molecule has 2 atom stereocenters. The maximum Gasteiger partial charge on any atom is 0.241 e. The second-order valence-corrected chi connectivity index (χ2v) is 5.32. The van der Waals surface area contributed by atoms with Crippen LogP contribution in [-0.4, -0.2) is 39.7 Å². The molecule has 0 spiro atoms. The van der Waals surface area contributed by atoms with E-state index in [-0.39, 0.29) is 36.8 Å². The highest BCUT2D eigenvalue weighted by Crippen LogP contribution is 2.23. The fourth-order valence-corrected chi connectivity index (χ4v) is 2.56. The summed E-state index contributed by atoms with van der Waals surface area (Å²) in [5.74, 6) is -2.42. The number of nitrogens with zero attached hydrogens (tertiary/aromatic N) is 3. The van der Waals surface area contributed by atoms with Crippen molar-refractivity contribution in [3.05, 3.63) is 35.7 Å². The van der Waals surface area contributed by atoms with Crippen LogP contribution in [0.15, 0.2) is 22.7 Å². The monoisotopic (exact) mass is 326 g/mol. The number of rotatable bonds is 4. The molecule has 6 nitrogen and oxygen atoms in total. The van der Waals surface area contributed by atoms with Gasteiger partial charge in [0.2, 0.25) is 17.6 Å². The van der Waals surface area contributed by atoms with E-state index in [1.807, 2.05) is 0 Å². The molecule has 2 N–H and O–H groups in total. The summed E-state index contributed by atoms with van der Waals surface area (Å²) in [4.78, 5) is 16.9. The minimum absolute atomic E-state index is 0.0273. The van der Waals surface area contributed by atoms with Crippen LogP contribution in [0.2, 0.25) is 0 Å². The Morgan fingerprint density at radius 2 is 2.17 bits per heavy atom. The normalized spacial score (nSPS) is 21.7. The first kappa shape index (κ1) is 15.5. The van der Waals surface area contributed by atoms with Crippen LogP contribution in [0.1, 0.15) is 12.3 Å². The van der Waals surface area contributed by atoms with Crippen LogP contribution in [0.5, 0.6) is 0 Å². The summed E-state index contributed by atoms with van der Waals surface area (Å²) >= 11 is 0. The molecule has 9 heteroatoms. The van der Waals surface area contributed by atoms with Crippen molar-refractivity contribution >= 4 is 5.91 Å². The fourth-order valence-electron chi connectivity index (χ4n) is 2.56. The maximum absolute atomic E-state index is 13.4. The highest BCUT2D eigenvalue weighted by molar-refractivity contribution is 5.80. The Morgan fingerprint density at radius 3 is 2.87 bits per heavy atom. The number of carbonyl (C=O) groups is 1. The summed E-state index contributed by atoms with van der Waals surface area (Å²) < 4.78 is 44.6. The number of carbonyl (C=O) groups excluding carboxylic acids is 1. The Labute approximate surface area is 129 Å². The molecule has 0 bridgehead atoms. The van der Waals surface area contributed by atoms with Crippen LogP contribution < -0.4 is 5.73 Å². The number of halogens is 3. The standard InChI is InChI=1S/C14H13F3N4O2/c15-8-4-11(13(18)22)21(5-8)6-12-19-14(20-23-12)7-1-2-9(16)10(17)3-7/h1-3,8,11H,4-6H2,(H2,18,22)/t8-,11+/m1/s1. The average Bonchev–Trinajstić information content (AvgIpc) is 3.09. The van der Waals surface area contributed by atoms with Crippen molar-refractivity contribution in [1.29, 1.82) is 0 Å². The smallest absolute Gasteiger partial charge is 0.241 e. The van der Waals surface area contributed by atoms with E-state index in [4.69, 9.17) is 10.3 Å². The Hall–Kier alpha value is -2.42. The van der Waals surface area contributed by atoms with E-state index >= 15 is 0 Å². The van der Waals surface area contributed by atoms with Crippen molar-refractivity contribution in [2.75, 3.05) is 6.54 Å². The SMILES string of the molecule is NC(=O)[C@@H]1C[C@@H](F)CN1Cc1nc(-c2ccc(F)c(F)c2)no1. The van der Waals surface area contributed by atoms with Gasteiger partial charge in [0.25, 0.3) is 0 Å². The highest BCUT2D eigenvalue weighted by Gasteiger charge is 2.36. The second-order valence-electron chi connectivity index (χ2n) is 5.32. The van der Waals surface area contributed by atoms with Gasteiger partial charge in [0, 0.05) is 18.5 Å². The minimum atomic E-state index is -1.15. The minimum Gasteiger partial charge on any atom is -0.368 e. The molecular weight excluding hydrogens is 313 g/mol. The molecule has 1 aromatic carbocycles.